The fourth-order valence-electron chi connectivity index (χ4n) is 2.55. The van der Waals surface area contributed by atoms with Crippen LogP contribution in [-0.4, -0.2) is 25.7 Å². The number of benzene rings is 1. The van der Waals surface area contributed by atoms with Crippen molar-refractivity contribution in [2.75, 3.05) is 5.32 Å². The summed E-state index contributed by atoms with van der Waals surface area (Å²) in [6.45, 7) is 3.93. The summed E-state index contributed by atoms with van der Waals surface area (Å²) in [7, 11) is 0. The first-order valence-corrected chi connectivity index (χ1v) is 9.50. The average molecular weight is 391 g/mol. The van der Waals surface area contributed by atoms with E-state index in [9.17, 15) is 4.79 Å². The maximum atomic E-state index is 12.1. The van der Waals surface area contributed by atoms with Crippen LogP contribution in [0.3, 0.4) is 0 Å². The van der Waals surface area contributed by atoms with Crippen molar-refractivity contribution >= 4 is 22.9 Å². The van der Waals surface area contributed by atoms with Crippen molar-refractivity contribution in [1.82, 2.24) is 19.7 Å². The minimum absolute atomic E-state index is 0.138. The lowest BCUT2D eigenvalue weighted by molar-refractivity contribution is 0.102. The van der Waals surface area contributed by atoms with E-state index in [2.05, 4.69) is 20.5 Å². The SMILES string of the molecule is Cc1ncn(-c2ccc(Oc3ccc(NC(=O)c4ccsc4)cc3)nn2)c1C. The van der Waals surface area contributed by atoms with Crippen molar-refractivity contribution < 1.29 is 9.53 Å². The van der Waals surface area contributed by atoms with Crippen LogP contribution < -0.4 is 10.1 Å². The zero-order valence-electron chi connectivity index (χ0n) is 15.3. The van der Waals surface area contributed by atoms with Gasteiger partial charge in [-0.15, -0.1) is 10.2 Å². The molecular weight excluding hydrogens is 374 g/mol. The molecule has 140 valence electrons. The van der Waals surface area contributed by atoms with Gasteiger partial charge in [-0.1, -0.05) is 0 Å². The molecular formula is C20H17N5O2S. The van der Waals surface area contributed by atoms with Crippen LogP contribution in [-0.2, 0) is 0 Å². The van der Waals surface area contributed by atoms with E-state index in [1.807, 2.05) is 35.2 Å². The van der Waals surface area contributed by atoms with E-state index in [1.165, 1.54) is 11.3 Å². The summed E-state index contributed by atoms with van der Waals surface area (Å²) in [5.74, 6) is 1.52. The number of nitrogens with one attached hydrogen (secondary N) is 1. The second-order valence-corrected chi connectivity index (χ2v) is 6.89. The molecule has 7 nitrogen and oxygen atoms in total. The Labute approximate surface area is 165 Å². The molecule has 0 bridgehead atoms. The monoisotopic (exact) mass is 391 g/mol. The van der Waals surface area contributed by atoms with Gasteiger partial charge in [0.25, 0.3) is 5.91 Å². The van der Waals surface area contributed by atoms with Crippen LogP contribution in [0.4, 0.5) is 5.69 Å². The third-order valence-corrected chi connectivity index (χ3v) is 4.93. The van der Waals surface area contributed by atoms with Gasteiger partial charge in [0.1, 0.15) is 12.1 Å². The third-order valence-electron chi connectivity index (χ3n) is 4.24. The number of nitrogens with zero attached hydrogens (tertiary/aromatic N) is 4. The highest BCUT2D eigenvalue weighted by Gasteiger charge is 2.08. The van der Waals surface area contributed by atoms with Gasteiger partial charge in [0.15, 0.2) is 5.82 Å². The molecule has 0 saturated carbocycles. The molecule has 0 spiro atoms. The number of imidazole rings is 1. The predicted octanol–water partition coefficient (Wildman–Crippen LogP) is 4.39. The lowest BCUT2D eigenvalue weighted by atomic mass is 10.2. The molecule has 0 unspecified atom stereocenters. The number of amides is 1. The van der Waals surface area contributed by atoms with Crippen LogP contribution in [0.25, 0.3) is 5.82 Å². The summed E-state index contributed by atoms with van der Waals surface area (Å²) in [4.78, 5) is 16.3. The fraction of sp³-hybridized carbons (Fsp3) is 0.100. The molecule has 0 radical (unpaired) electrons. The maximum Gasteiger partial charge on any atom is 0.256 e. The summed E-state index contributed by atoms with van der Waals surface area (Å²) in [6.07, 6.45) is 1.72. The Morgan fingerprint density at radius 1 is 1.07 bits per heavy atom. The summed E-state index contributed by atoms with van der Waals surface area (Å²) in [6, 6.07) is 12.4. The summed E-state index contributed by atoms with van der Waals surface area (Å²) in [5.41, 5.74) is 3.30. The van der Waals surface area contributed by atoms with Crippen LogP contribution in [0, 0.1) is 13.8 Å². The number of thiophene rings is 1. The van der Waals surface area contributed by atoms with Gasteiger partial charge in [-0.3, -0.25) is 9.36 Å². The van der Waals surface area contributed by atoms with E-state index in [0.29, 0.717) is 28.7 Å². The highest BCUT2D eigenvalue weighted by molar-refractivity contribution is 7.08. The van der Waals surface area contributed by atoms with E-state index >= 15 is 0 Å². The van der Waals surface area contributed by atoms with Crippen molar-refractivity contribution in [2.45, 2.75) is 13.8 Å². The summed E-state index contributed by atoms with van der Waals surface area (Å²) >= 11 is 1.48. The van der Waals surface area contributed by atoms with Crippen LogP contribution in [0.2, 0.25) is 0 Å². The zero-order valence-corrected chi connectivity index (χ0v) is 16.1. The van der Waals surface area contributed by atoms with Gasteiger partial charge in [-0.05, 0) is 55.6 Å². The first-order valence-electron chi connectivity index (χ1n) is 8.56. The van der Waals surface area contributed by atoms with E-state index in [-0.39, 0.29) is 5.91 Å². The van der Waals surface area contributed by atoms with E-state index < -0.39 is 0 Å². The number of aromatic nitrogens is 4. The normalized spacial score (nSPS) is 10.6. The largest absolute Gasteiger partial charge is 0.438 e. The Balaban J connectivity index is 1.41. The Morgan fingerprint density at radius 2 is 1.89 bits per heavy atom. The van der Waals surface area contributed by atoms with Crippen LogP contribution >= 0.6 is 11.3 Å². The van der Waals surface area contributed by atoms with Gasteiger partial charge >= 0.3 is 0 Å². The van der Waals surface area contributed by atoms with Crippen molar-refractivity contribution in [3.05, 3.63) is 76.5 Å². The minimum Gasteiger partial charge on any atom is -0.438 e. The van der Waals surface area contributed by atoms with Crippen LogP contribution in [0.15, 0.2) is 59.6 Å². The highest BCUT2D eigenvalue weighted by atomic mass is 32.1. The maximum absolute atomic E-state index is 12.1. The van der Waals surface area contributed by atoms with E-state index in [1.54, 1.807) is 42.7 Å². The van der Waals surface area contributed by atoms with Crippen molar-refractivity contribution in [2.24, 2.45) is 0 Å². The number of carbonyl (C=O) groups excluding carboxylic acids is 1. The van der Waals surface area contributed by atoms with Gasteiger partial charge in [-0.2, -0.15) is 11.3 Å². The first-order chi connectivity index (χ1) is 13.6. The molecule has 0 fully saturated rings. The zero-order chi connectivity index (χ0) is 19.5. The third kappa shape index (κ3) is 3.77. The molecule has 0 aliphatic rings. The first kappa shape index (κ1) is 17.9. The van der Waals surface area contributed by atoms with Gasteiger partial charge in [0.2, 0.25) is 5.88 Å². The molecule has 8 heteroatoms. The molecule has 3 aromatic heterocycles. The van der Waals surface area contributed by atoms with Gasteiger partial charge in [-0.25, -0.2) is 4.98 Å². The standard InChI is InChI=1S/C20H17N5O2S/c1-13-14(2)25(12-21-13)18-7-8-19(24-23-18)27-17-5-3-16(4-6-17)22-20(26)15-9-10-28-11-15/h3-12H,1-2H3,(H,22,26). The molecule has 28 heavy (non-hydrogen) atoms. The Morgan fingerprint density at radius 3 is 2.50 bits per heavy atom. The van der Waals surface area contributed by atoms with Gasteiger partial charge in [0.05, 0.1) is 11.3 Å². The molecule has 1 aromatic carbocycles. The smallest absolute Gasteiger partial charge is 0.256 e. The van der Waals surface area contributed by atoms with E-state index in [4.69, 9.17) is 4.74 Å². The van der Waals surface area contributed by atoms with Crippen LogP contribution in [0.1, 0.15) is 21.7 Å². The number of rotatable bonds is 5. The summed E-state index contributed by atoms with van der Waals surface area (Å²) < 4.78 is 7.60. The molecule has 1 N–H and O–H groups in total. The lowest BCUT2D eigenvalue weighted by Gasteiger charge is -2.08. The quantitative estimate of drug-likeness (QED) is 0.546. The topological polar surface area (TPSA) is 81.9 Å². The molecule has 1 amide bonds. The van der Waals surface area contributed by atoms with Crippen molar-refractivity contribution in [1.29, 1.82) is 0 Å². The van der Waals surface area contributed by atoms with Crippen molar-refractivity contribution in [3.8, 4) is 17.4 Å². The second-order valence-electron chi connectivity index (χ2n) is 6.11. The molecule has 0 aliphatic heterocycles. The van der Waals surface area contributed by atoms with Crippen LogP contribution in [0.5, 0.6) is 11.6 Å². The van der Waals surface area contributed by atoms with Gasteiger partial charge in [0, 0.05) is 22.8 Å². The van der Waals surface area contributed by atoms with Gasteiger partial charge < -0.3 is 10.1 Å². The molecule has 4 rings (SSSR count). The number of hydrogen-bond donors (Lipinski definition) is 1. The Bertz CT molecular complexity index is 1090. The molecule has 0 saturated heterocycles. The number of hydrogen-bond acceptors (Lipinski definition) is 6. The number of aryl methyl sites for hydroxylation is 1. The Kier molecular flexibility index (Phi) is 4.86. The predicted molar refractivity (Wildman–Crippen MR) is 107 cm³/mol. The fourth-order valence-corrected chi connectivity index (χ4v) is 3.19. The minimum atomic E-state index is -0.138. The summed E-state index contributed by atoms with van der Waals surface area (Å²) in [5, 5.41) is 14.8. The highest BCUT2D eigenvalue weighted by Crippen LogP contribution is 2.22. The molecule has 4 aromatic rings. The van der Waals surface area contributed by atoms with Crippen molar-refractivity contribution in [3.63, 3.8) is 0 Å². The number of anilines is 1. The Hall–Kier alpha value is -3.52. The molecule has 0 atom stereocenters. The second kappa shape index (κ2) is 7.61. The molecule has 0 aliphatic carbocycles. The van der Waals surface area contributed by atoms with E-state index in [0.717, 1.165) is 11.4 Å². The average Bonchev–Trinajstić information content (AvgIpc) is 3.35. The number of ether oxygens (including phenoxy) is 1. The lowest BCUT2D eigenvalue weighted by Crippen LogP contribution is -2.10. The number of carbonyl (C=O) groups is 1. The molecule has 3 heterocycles.